The molecule has 0 rings (SSSR count). The van der Waals surface area contributed by atoms with E-state index in [2.05, 4.69) is 8.92 Å². The predicted molar refractivity (Wildman–Crippen MR) is 47.0 cm³/mol. The van der Waals surface area contributed by atoms with Crippen molar-refractivity contribution in [3.63, 3.8) is 0 Å². The van der Waals surface area contributed by atoms with Gasteiger partial charge in [0.25, 0.3) is 0 Å². The molecule has 0 aliphatic rings. The van der Waals surface area contributed by atoms with Gasteiger partial charge in [-0.15, -0.1) is 11.6 Å². The zero-order valence-corrected chi connectivity index (χ0v) is 9.24. The first-order valence-corrected chi connectivity index (χ1v) is 5.81. The molecule has 0 radical (unpaired) electrons. The number of carbonyl (C=O) groups excluding carboxylic acids is 1. The van der Waals surface area contributed by atoms with Crippen molar-refractivity contribution in [2.24, 2.45) is 0 Å². The van der Waals surface area contributed by atoms with Crippen LogP contribution in [0.2, 0.25) is 0 Å². The number of halogens is 2. The van der Waals surface area contributed by atoms with Gasteiger partial charge in [0.2, 0.25) is 0 Å². The molecule has 0 saturated heterocycles. The molecule has 0 bridgehead atoms. The monoisotopic (exact) mass is 250 g/mol. The van der Waals surface area contributed by atoms with E-state index in [1.807, 2.05) is 0 Å². The van der Waals surface area contributed by atoms with Gasteiger partial charge in [-0.1, -0.05) is 0 Å². The highest BCUT2D eigenvalue weighted by Crippen LogP contribution is 2.19. The second kappa shape index (κ2) is 4.45. The van der Waals surface area contributed by atoms with E-state index in [1.165, 1.54) is 0 Å². The highest BCUT2D eigenvalue weighted by molar-refractivity contribution is 8.10. The lowest BCUT2D eigenvalue weighted by atomic mass is 10.1. The minimum atomic E-state index is -4.26. The molecule has 0 aliphatic carbocycles. The number of esters is 1. The van der Waals surface area contributed by atoms with Crippen LogP contribution in [-0.2, 0) is 23.0 Å². The van der Waals surface area contributed by atoms with Crippen LogP contribution in [0.15, 0.2) is 0 Å². The molecule has 78 valence electrons. The van der Waals surface area contributed by atoms with E-state index in [-0.39, 0.29) is 5.88 Å². The summed E-state index contributed by atoms with van der Waals surface area (Å²) in [6, 6.07) is 0. The Morgan fingerprint density at radius 1 is 1.54 bits per heavy atom. The fraction of sp³-hybridized carbons (Fsp3) is 0.800. The Labute approximate surface area is 85.5 Å². The zero-order chi connectivity index (χ0) is 10.7. The Morgan fingerprint density at radius 3 is 2.23 bits per heavy atom. The van der Waals surface area contributed by atoms with Gasteiger partial charge in [-0.05, 0) is 6.92 Å². The van der Waals surface area contributed by atoms with Crippen LogP contribution in [0.4, 0.5) is 0 Å². The smallest absolute Gasteiger partial charge is 0.356 e. The first-order chi connectivity index (χ1) is 5.75. The average molecular weight is 251 g/mol. The third-order valence-corrected chi connectivity index (χ3v) is 2.42. The van der Waals surface area contributed by atoms with Gasteiger partial charge in [-0.25, -0.2) is 8.98 Å². The van der Waals surface area contributed by atoms with Crippen molar-refractivity contribution in [2.75, 3.05) is 13.0 Å². The molecule has 0 spiro atoms. The molecule has 0 fully saturated rings. The summed E-state index contributed by atoms with van der Waals surface area (Å²) in [4.78, 5) is 11.0. The average Bonchev–Trinajstić information content (AvgIpc) is 1.99. The van der Waals surface area contributed by atoms with Crippen molar-refractivity contribution in [1.82, 2.24) is 0 Å². The molecule has 0 aromatic heterocycles. The number of hydrogen-bond acceptors (Lipinski definition) is 5. The molecular formula is C5H8Cl2O5S. The standard InChI is InChI=1S/C5H8Cl2O5S/c1-5(3-6,4(8)11-2)12-13(7,9)10/h3H2,1-2H3. The van der Waals surface area contributed by atoms with Crippen LogP contribution in [0, 0.1) is 0 Å². The molecule has 5 nitrogen and oxygen atoms in total. The molecule has 0 saturated carbocycles. The van der Waals surface area contributed by atoms with Gasteiger partial charge in [0.15, 0.2) is 5.60 Å². The van der Waals surface area contributed by atoms with Crippen molar-refractivity contribution in [3.05, 3.63) is 0 Å². The lowest BCUT2D eigenvalue weighted by molar-refractivity contribution is -0.155. The second-order valence-corrected chi connectivity index (χ2v) is 4.69. The fourth-order valence-corrected chi connectivity index (χ4v) is 1.76. The van der Waals surface area contributed by atoms with Crippen LogP contribution >= 0.6 is 22.3 Å². The van der Waals surface area contributed by atoms with Gasteiger partial charge in [-0.3, -0.25) is 0 Å². The largest absolute Gasteiger partial charge is 0.467 e. The van der Waals surface area contributed by atoms with Crippen molar-refractivity contribution in [2.45, 2.75) is 12.5 Å². The summed E-state index contributed by atoms with van der Waals surface area (Å²) in [5, 5.41) is 0. The first-order valence-electron chi connectivity index (χ1n) is 3.05. The summed E-state index contributed by atoms with van der Waals surface area (Å²) < 4.78 is 29.5. The van der Waals surface area contributed by atoms with Gasteiger partial charge in [0.05, 0.1) is 13.0 Å². The van der Waals surface area contributed by atoms with E-state index in [4.69, 9.17) is 22.3 Å². The summed E-state index contributed by atoms with van der Waals surface area (Å²) in [5.74, 6) is -1.29. The Hall–Kier alpha value is -0.0400. The van der Waals surface area contributed by atoms with Gasteiger partial charge in [0, 0.05) is 10.7 Å². The van der Waals surface area contributed by atoms with Crippen LogP contribution in [0.25, 0.3) is 0 Å². The Kier molecular flexibility index (Phi) is 4.44. The van der Waals surface area contributed by atoms with E-state index >= 15 is 0 Å². The minimum Gasteiger partial charge on any atom is -0.467 e. The maximum Gasteiger partial charge on any atom is 0.356 e. The normalized spacial score (nSPS) is 16.3. The number of ether oxygens (including phenoxy) is 1. The lowest BCUT2D eigenvalue weighted by Gasteiger charge is -2.21. The topological polar surface area (TPSA) is 69.7 Å². The number of hydrogen-bond donors (Lipinski definition) is 0. The molecule has 0 aromatic carbocycles. The summed E-state index contributed by atoms with van der Waals surface area (Å²) in [6.45, 7) is 1.16. The summed E-state index contributed by atoms with van der Waals surface area (Å²) in [5.41, 5.74) is -1.78. The van der Waals surface area contributed by atoms with Gasteiger partial charge < -0.3 is 4.74 Å². The number of methoxy groups -OCH3 is 1. The Balaban J connectivity index is 4.76. The SMILES string of the molecule is COC(=O)C(C)(CCl)OS(=O)(=O)Cl. The molecule has 0 amide bonds. The second-order valence-electron chi connectivity index (χ2n) is 2.33. The van der Waals surface area contributed by atoms with Crippen molar-refractivity contribution in [3.8, 4) is 0 Å². The van der Waals surface area contributed by atoms with Crippen LogP contribution in [0.3, 0.4) is 0 Å². The summed E-state index contributed by atoms with van der Waals surface area (Å²) in [7, 11) is 1.60. The minimum absolute atomic E-state index is 0.383. The molecule has 0 N–H and O–H groups in total. The first kappa shape index (κ1) is 13.0. The highest BCUT2D eigenvalue weighted by Gasteiger charge is 2.39. The Bertz CT molecular complexity index is 287. The molecule has 1 unspecified atom stereocenters. The molecular weight excluding hydrogens is 243 g/mol. The van der Waals surface area contributed by atoms with E-state index in [0.717, 1.165) is 14.0 Å². The molecule has 1 atom stereocenters. The predicted octanol–water partition coefficient (Wildman–Crippen LogP) is 0.657. The summed E-state index contributed by atoms with van der Waals surface area (Å²) >= 11 is 5.34. The van der Waals surface area contributed by atoms with Crippen LogP contribution in [0.5, 0.6) is 0 Å². The van der Waals surface area contributed by atoms with E-state index in [9.17, 15) is 13.2 Å². The zero-order valence-electron chi connectivity index (χ0n) is 6.91. The molecule has 13 heavy (non-hydrogen) atoms. The van der Waals surface area contributed by atoms with Crippen LogP contribution < -0.4 is 0 Å². The Morgan fingerprint density at radius 2 is 2.00 bits per heavy atom. The molecule has 0 heterocycles. The van der Waals surface area contributed by atoms with Crippen LogP contribution in [0.1, 0.15) is 6.92 Å². The number of alkyl halides is 1. The lowest BCUT2D eigenvalue weighted by Crippen LogP contribution is -2.42. The quantitative estimate of drug-likeness (QED) is 0.417. The van der Waals surface area contributed by atoms with Gasteiger partial charge in [0.1, 0.15) is 0 Å². The van der Waals surface area contributed by atoms with Gasteiger partial charge >= 0.3 is 15.3 Å². The van der Waals surface area contributed by atoms with Crippen molar-refractivity contribution in [1.29, 1.82) is 0 Å². The van der Waals surface area contributed by atoms with E-state index in [0.29, 0.717) is 0 Å². The summed E-state index contributed by atoms with van der Waals surface area (Å²) in [6.07, 6.45) is 0. The van der Waals surface area contributed by atoms with E-state index < -0.39 is 20.9 Å². The molecule has 8 heteroatoms. The third kappa shape index (κ3) is 4.12. The number of carbonyl (C=O) groups is 1. The third-order valence-electron chi connectivity index (χ3n) is 1.16. The maximum absolute atomic E-state index is 11.0. The van der Waals surface area contributed by atoms with Crippen LogP contribution in [-0.4, -0.2) is 33.0 Å². The van der Waals surface area contributed by atoms with Crippen molar-refractivity contribution >= 4 is 37.6 Å². The highest BCUT2D eigenvalue weighted by atomic mass is 35.7. The van der Waals surface area contributed by atoms with Crippen molar-refractivity contribution < 1.29 is 22.1 Å². The number of rotatable bonds is 4. The molecule has 0 aromatic rings. The fourth-order valence-electron chi connectivity index (χ4n) is 0.546. The molecule has 0 aliphatic heterocycles. The maximum atomic E-state index is 11.0. The van der Waals surface area contributed by atoms with E-state index in [1.54, 1.807) is 0 Å². The van der Waals surface area contributed by atoms with Gasteiger partial charge in [-0.2, -0.15) is 8.42 Å².